The molecule has 0 saturated carbocycles. The third-order valence-electron chi connectivity index (χ3n) is 5.38. The van der Waals surface area contributed by atoms with Crippen LogP contribution in [0.1, 0.15) is 30.9 Å². The van der Waals surface area contributed by atoms with Crippen LogP contribution in [0.15, 0.2) is 64.2 Å². The predicted molar refractivity (Wildman–Crippen MR) is 127 cm³/mol. The van der Waals surface area contributed by atoms with Gasteiger partial charge in [-0.05, 0) is 63.6 Å². The van der Waals surface area contributed by atoms with Gasteiger partial charge >= 0.3 is 0 Å². The van der Waals surface area contributed by atoms with Crippen LogP contribution in [-0.4, -0.2) is 35.6 Å². The molecule has 172 valence electrons. The number of aryl methyl sites for hydroxylation is 2. The molecule has 0 bridgehead atoms. The van der Waals surface area contributed by atoms with Gasteiger partial charge in [0, 0.05) is 11.1 Å². The number of aromatic nitrogens is 6. The molecule has 5 rings (SSSR count). The van der Waals surface area contributed by atoms with Crippen molar-refractivity contribution in [1.29, 1.82) is 0 Å². The fourth-order valence-electron chi connectivity index (χ4n) is 3.80. The lowest BCUT2D eigenvalue weighted by Crippen LogP contribution is -2.25. The van der Waals surface area contributed by atoms with Crippen molar-refractivity contribution in [3.63, 3.8) is 0 Å². The van der Waals surface area contributed by atoms with E-state index in [1.165, 1.54) is 21.1 Å². The van der Waals surface area contributed by atoms with Gasteiger partial charge in [-0.3, -0.25) is 4.79 Å². The van der Waals surface area contributed by atoms with Gasteiger partial charge in [0.2, 0.25) is 11.7 Å². The van der Waals surface area contributed by atoms with Gasteiger partial charge in [-0.25, -0.2) is 9.20 Å². The van der Waals surface area contributed by atoms with E-state index in [2.05, 4.69) is 26.4 Å². The van der Waals surface area contributed by atoms with Crippen LogP contribution in [0.3, 0.4) is 0 Å². The summed E-state index contributed by atoms with van der Waals surface area (Å²) in [6.45, 7) is 8.08. The molecule has 34 heavy (non-hydrogen) atoms. The van der Waals surface area contributed by atoms with Crippen LogP contribution in [0.5, 0.6) is 5.75 Å². The van der Waals surface area contributed by atoms with Crippen LogP contribution < -0.4 is 10.3 Å². The van der Waals surface area contributed by atoms with E-state index in [1.807, 2.05) is 64.1 Å². The molecule has 2 aromatic carbocycles. The Hall–Kier alpha value is -4.27. The predicted octanol–water partition coefficient (Wildman–Crippen LogP) is 4.06. The Kier molecular flexibility index (Phi) is 5.45. The van der Waals surface area contributed by atoms with Crippen molar-refractivity contribution in [1.82, 2.24) is 29.5 Å². The van der Waals surface area contributed by atoms with Gasteiger partial charge in [0.05, 0.1) is 11.8 Å². The summed E-state index contributed by atoms with van der Waals surface area (Å²) in [6, 6.07) is 15.4. The molecule has 0 N–H and O–H groups in total. The maximum atomic E-state index is 13.1. The molecule has 0 atom stereocenters. The monoisotopic (exact) mass is 456 g/mol. The molecule has 0 aliphatic heterocycles. The molecule has 3 aromatic heterocycles. The Labute approximate surface area is 195 Å². The zero-order valence-electron chi connectivity index (χ0n) is 19.4. The van der Waals surface area contributed by atoms with Gasteiger partial charge in [-0.15, -0.1) is 0 Å². The number of ether oxygens (including phenoxy) is 1. The Morgan fingerprint density at radius 2 is 1.85 bits per heavy atom. The van der Waals surface area contributed by atoms with Crippen molar-refractivity contribution in [3.8, 4) is 28.4 Å². The summed E-state index contributed by atoms with van der Waals surface area (Å²) in [5.74, 6) is 1.49. The minimum absolute atomic E-state index is 0.0565. The summed E-state index contributed by atoms with van der Waals surface area (Å²) < 4.78 is 13.8. The number of nitrogens with zero attached hydrogens (tertiary/aromatic N) is 6. The van der Waals surface area contributed by atoms with Gasteiger partial charge in [-0.2, -0.15) is 15.2 Å². The summed E-state index contributed by atoms with van der Waals surface area (Å²) in [5.41, 5.74) is 4.89. The van der Waals surface area contributed by atoms with E-state index in [-0.39, 0.29) is 24.1 Å². The minimum atomic E-state index is -0.291. The van der Waals surface area contributed by atoms with Crippen LogP contribution in [0.2, 0.25) is 0 Å². The first-order valence-corrected chi connectivity index (χ1v) is 11.0. The van der Waals surface area contributed by atoms with Gasteiger partial charge in [-0.1, -0.05) is 28.9 Å². The van der Waals surface area contributed by atoms with E-state index >= 15 is 0 Å². The van der Waals surface area contributed by atoms with Crippen LogP contribution in [0, 0.1) is 13.8 Å². The molecule has 0 unspecified atom stereocenters. The second-order valence-corrected chi connectivity index (χ2v) is 8.47. The largest absolute Gasteiger partial charge is 0.491 e. The minimum Gasteiger partial charge on any atom is -0.491 e. The topological polar surface area (TPSA) is 100 Å². The molecule has 0 aliphatic carbocycles. The summed E-state index contributed by atoms with van der Waals surface area (Å²) in [5, 5.41) is 12.8. The summed E-state index contributed by atoms with van der Waals surface area (Å²) in [7, 11) is 0. The maximum absolute atomic E-state index is 13.1. The van der Waals surface area contributed by atoms with E-state index in [0.717, 1.165) is 28.1 Å². The molecule has 0 spiro atoms. The maximum Gasteiger partial charge on any atom is 0.293 e. The fraction of sp³-hybridized carbons (Fsp3) is 0.240. The van der Waals surface area contributed by atoms with Gasteiger partial charge in [0.25, 0.3) is 5.56 Å². The van der Waals surface area contributed by atoms with Crippen molar-refractivity contribution < 1.29 is 9.26 Å². The summed E-state index contributed by atoms with van der Waals surface area (Å²) >= 11 is 0. The molecule has 0 aliphatic rings. The first kappa shape index (κ1) is 21.6. The zero-order valence-corrected chi connectivity index (χ0v) is 19.4. The highest BCUT2D eigenvalue weighted by Crippen LogP contribution is 2.24. The lowest BCUT2D eigenvalue weighted by atomic mass is 10.0. The van der Waals surface area contributed by atoms with Gasteiger partial charge in [0.1, 0.15) is 24.1 Å². The fourth-order valence-corrected chi connectivity index (χ4v) is 3.80. The number of rotatable bonds is 6. The molecule has 9 heteroatoms. The molecule has 3 heterocycles. The number of benzene rings is 2. The van der Waals surface area contributed by atoms with Gasteiger partial charge < -0.3 is 9.26 Å². The first-order valence-electron chi connectivity index (χ1n) is 11.0. The van der Waals surface area contributed by atoms with Gasteiger partial charge in [0.15, 0.2) is 0 Å². The molecule has 5 aromatic rings. The second kappa shape index (κ2) is 8.58. The summed E-state index contributed by atoms with van der Waals surface area (Å²) in [4.78, 5) is 17.5. The molecular weight excluding hydrogens is 432 g/mol. The second-order valence-electron chi connectivity index (χ2n) is 8.47. The molecule has 0 saturated heterocycles. The van der Waals surface area contributed by atoms with Crippen molar-refractivity contribution >= 4 is 5.52 Å². The van der Waals surface area contributed by atoms with Crippen LogP contribution >= 0.6 is 0 Å². The number of fused-ring (bicyclic) bond motifs is 1. The lowest BCUT2D eigenvalue weighted by Gasteiger charge is -2.09. The van der Waals surface area contributed by atoms with Crippen molar-refractivity contribution in [2.24, 2.45) is 0 Å². The third kappa shape index (κ3) is 4.19. The average molecular weight is 457 g/mol. The van der Waals surface area contributed by atoms with Crippen LogP contribution in [0.25, 0.3) is 28.2 Å². The molecule has 9 nitrogen and oxygen atoms in total. The molecule has 0 fully saturated rings. The van der Waals surface area contributed by atoms with Crippen molar-refractivity contribution in [2.75, 3.05) is 0 Å². The normalized spacial score (nSPS) is 11.4. The average Bonchev–Trinajstić information content (AvgIpc) is 3.43. The SMILES string of the molecule is Cc1ccc(-c2cc3c(=O)n(Cc4nc(-c5ccc(OC(C)C)cc5)no4)ncn3n2)c(C)c1. The number of hydrogen-bond donors (Lipinski definition) is 0. The Morgan fingerprint density at radius 3 is 2.59 bits per heavy atom. The van der Waals surface area contributed by atoms with E-state index in [0.29, 0.717) is 11.3 Å². The van der Waals surface area contributed by atoms with E-state index < -0.39 is 0 Å². The van der Waals surface area contributed by atoms with E-state index in [9.17, 15) is 4.79 Å². The highest BCUT2D eigenvalue weighted by atomic mass is 16.5. The van der Waals surface area contributed by atoms with Crippen LogP contribution in [-0.2, 0) is 6.54 Å². The smallest absolute Gasteiger partial charge is 0.293 e. The number of hydrogen-bond acceptors (Lipinski definition) is 7. The Bertz CT molecular complexity index is 1530. The quantitative estimate of drug-likeness (QED) is 0.380. The van der Waals surface area contributed by atoms with Crippen molar-refractivity contribution in [2.45, 2.75) is 40.3 Å². The highest BCUT2D eigenvalue weighted by Gasteiger charge is 2.15. The molecule has 0 radical (unpaired) electrons. The molecule has 0 amide bonds. The highest BCUT2D eigenvalue weighted by molar-refractivity contribution is 5.68. The van der Waals surface area contributed by atoms with E-state index in [4.69, 9.17) is 9.26 Å². The third-order valence-corrected chi connectivity index (χ3v) is 5.38. The lowest BCUT2D eigenvalue weighted by molar-refractivity contribution is 0.242. The Balaban J connectivity index is 1.40. The first-order chi connectivity index (χ1) is 16.4. The van der Waals surface area contributed by atoms with E-state index in [1.54, 1.807) is 6.07 Å². The van der Waals surface area contributed by atoms with Crippen LogP contribution in [0.4, 0.5) is 0 Å². The molecular formula is C25H24N6O3. The van der Waals surface area contributed by atoms with Crippen molar-refractivity contribution in [3.05, 3.63) is 82.2 Å². The standard InChI is InChI=1S/C25H24N6O3/c1-15(2)33-19-8-6-18(7-9-19)24-27-23(34-29-24)13-30-25(32)22-12-21(28-31(22)14-26-30)20-10-5-16(3)11-17(20)4/h5-12,14-15H,13H2,1-4H3. The Morgan fingerprint density at radius 1 is 1.06 bits per heavy atom. The summed E-state index contributed by atoms with van der Waals surface area (Å²) in [6.07, 6.45) is 1.60. The zero-order chi connectivity index (χ0) is 23.8.